The largest absolute Gasteiger partial charge is 0.315 e. The van der Waals surface area contributed by atoms with Gasteiger partial charge in [-0.1, -0.05) is 24.3 Å². The average molecular weight is 186 g/mol. The maximum absolute atomic E-state index is 4.49. The van der Waals surface area contributed by atoms with Crippen LogP contribution >= 0.6 is 0 Å². The van der Waals surface area contributed by atoms with Crippen LogP contribution in [-0.4, -0.2) is 19.3 Å². The number of hydrogen-bond donors (Lipinski definition) is 1. The van der Waals surface area contributed by atoms with Crippen LogP contribution in [0.4, 0.5) is 0 Å². The number of nitrogens with zero attached hydrogens (tertiary/aromatic N) is 1. The third-order valence-corrected chi connectivity index (χ3v) is 3.34. The molecule has 1 atom stereocenters. The summed E-state index contributed by atoms with van der Waals surface area (Å²) in [6, 6.07) is 8.70. The van der Waals surface area contributed by atoms with Crippen LogP contribution < -0.4 is 5.32 Å². The van der Waals surface area contributed by atoms with Crippen LogP contribution in [0.25, 0.3) is 0 Å². The molecule has 72 valence electrons. The first-order chi connectivity index (χ1) is 6.91. The Morgan fingerprint density at radius 1 is 1.29 bits per heavy atom. The first-order valence-corrected chi connectivity index (χ1v) is 5.21. The van der Waals surface area contributed by atoms with Gasteiger partial charge < -0.3 is 5.32 Å². The van der Waals surface area contributed by atoms with E-state index in [9.17, 15) is 0 Å². The van der Waals surface area contributed by atoms with Gasteiger partial charge in [0, 0.05) is 18.2 Å². The summed E-state index contributed by atoms with van der Waals surface area (Å²) in [7, 11) is 0. The molecule has 2 aliphatic heterocycles. The van der Waals surface area contributed by atoms with Crippen molar-refractivity contribution in [1.82, 2.24) is 5.32 Å². The Labute approximate surface area is 84.1 Å². The van der Waals surface area contributed by atoms with Crippen LogP contribution in [0.3, 0.4) is 0 Å². The molecule has 1 N–H and O–H groups in total. The first kappa shape index (κ1) is 8.18. The average Bonchev–Trinajstić information content (AvgIpc) is 2.68. The van der Waals surface area contributed by atoms with E-state index in [-0.39, 0.29) is 5.41 Å². The molecule has 2 heteroatoms. The van der Waals surface area contributed by atoms with Crippen LogP contribution in [0, 0.1) is 0 Å². The van der Waals surface area contributed by atoms with Crippen molar-refractivity contribution in [2.45, 2.75) is 18.4 Å². The number of aliphatic imine (C=N–C) groups is 1. The summed E-state index contributed by atoms with van der Waals surface area (Å²) in [6.07, 6.45) is 3.35. The summed E-state index contributed by atoms with van der Waals surface area (Å²) in [5.74, 6) is 0. The lowest BCUT2D eigenvalue weighted by atomic mass is 9.77. The molecular formula is C12H14N2. The zero-order chi connectivity index (χ0) is 9.43. The molecular weight excluding hydrogens is 172 g/mol. The second-order valence-corrected chi connectivity index (χ2v) is 4.21. The van der Waals surface area contributed by atoms with E-state index < -0.39 is 0 Å². The Morgan fingerprint density at radius 2 is 2.21 bits per heavy atom. The molecule has 0 aliphatic carbocycles. The highest BCUT2D eigenvalue weighted by Gasteiger charge is 2.36. The monoisotopic (exact) mass is 186 g/mol. The van der Waals surface area contributed by atoms with E-state index in [1.165, 1.54) is 17.5 Å². The van der Waals surface area contributed by atoms with Crippen molar-refractivity contribution >= 4 is 6.21 Å². The predicted molar refractivity (Wildman–Crippen MR) is 57.8 cm³/mol. The number of rotatable bonds is 0. The molecule has 0 aromatic heterocycles. The molecule has 0 saturated carbocycles. The summed E-state index contributed by atoms with van der Waals surface area (Å²) >= 11 is 0. The Kier molecular flexibility index (Phi) is 1.71. The van der Waals surface area contributed by atoms with E-state index in [0.29, 0.717) is 0 Å². The van der Waals surface area contributed by atoms with Gasteiger partial charge in [-0.25, -0.2) is 0 Å². The normalized spacial score (nSPS) is 29.4. The molecule has 1 unspecified atom stereocenters. The number of hydrogen-bond acceptors (Lipinski definition) is 2. The van der Waals surface area contributed by atoms with Crippen LogP contribution in [0.1, 0.15) is 17.5 Å². The van der Waals surface area contributed by atoms with Crippen LogP contribution in [0.2, 0.25) is 0 Å². The number of fused-ring (bicyclic) bond motifs is 2. The Hall–Kier alpha value is -1.15. The van der Waals surface area contributed by atoms with Gasteiger partial charge in [-0.3, -0.25) is 4.99 Å². The van der Waals surface area contributed by atoms with Crippen molar-refractivity contribution in [3.8, 4) is 0 Å². The van der Waals surface area contributed by atoms with Crippen LogP contribution in [-0.2, 0) is 12.0 Å². The van der Waals surface area contributed by atoms with Gasteiger partial charge in [0.1, 0.15) is 0 Å². The molecule has 0 bridgehead atoms. The molecule has 1 aromatic rings. The van der Waals surface area contributed by atoms with Crippen molar-refractivity contribution in [1.29, 1.82) is 0 Å². The van der Waals surface area contributed by atoms with E-state index in [1.54, 1.807) is 0 Å². The highest BCUT2D eigenvalue weighted by atomic mass is 14.9. The van der Waals surface area contributed by atoms with E-state index in [1.807, 2.05) is 0 Å². The SMILES string of the molecule is C1=NCc2ccccc2C12CCNC2. The quantitative estimate of drug-likeness (QED) is 0.652. The van der Waals surface area contributed by atoms with Gasteiger partial charge in [-0.2, -0.15) is 0 Å². The lowest BCUT2D eigenvalue weighted by Crippen LogP contribution is -2.33. The van der Waals surface area contributed by atoms with Gasteiger partial charge in [-0.05, 0) is 24.1 Å². The summed E-state index contributed by atoms with van der Waals surface area (Å²) in [6.45, 7) is 3.02. The van der Waals surface area contributed by atoms with Gasteiger partial charge in [0.15, 0.2) is 0 Å². The van der Waals surface area contributed by atoms with Crippen molar-refractivity contribution in [3.05, 3.63) is 35.4 Å². The molecule has 3 rings (SSSR count). The van der Waals surface area contributed by atoms with E-state index in [4.69, 9.17) is 0 Å². The maximum atomic E-state index is 4.49. The van der Waals surface area contributed by atoms with Gasteiger partial charge in [0.2, 0.25) is 0 Å². The zero-order valence-corrected chi connectivity index (χ0v) is 8.16. The van der Waals surface area contributed by atoms with Crippen LogP contribution in [0.5, 0.6) is 0 Å². The summed E-state index contributed by atoms with van der Waals surface area (Å²) in [5.41, 5.74) is 3.09. The van der Waals surface area contributed by atoms with Crippen molar-refractivity contribution in [3.63, 3.8) is 0 Å². The molecule has 14 heavy (non-hydrogen) atoms. The summed E-state index contributed by atoms with van der Waals surface area (Å²) < 4.78 is 0. The molecule has 1 saturated heterocycles. The molecule has 0 amide bonds. The summed E-state index contributed by atoms with van der Waals surface area (Å²) in [5, 5.41) is 3.43. The predicted octanol–water partition coefficient (Wildman–Crippen LogP) is 1.50. The minimum absolute atomic E-state index is 0.203. The van der Waals surface area contributed by atoms with Gasteiger partial charge in [-0.15, -0.1) is 0 Å². The first-order valence-electron chi connectivity index (χ1n) is 5.21. The lowest BCUT2D eigenvalue weighted by Gasteiger charge is -2.29. The van der Waals surface area contributed by atoms with E-state index in [0.717, 1.165) is 19.6 Å². The van der Waals surface area contributed by atoms with Crippen molar-refractivity contribution in [2.75, 3.05) is 13.1 Å². The van der Waals surface area contributed by atoms with Gasteiger partial charge in [0.25, 0.3) is 0 Å². The molecule has 1 fully saturated rings. The third kappa shape index (κ3) is 1.04. The Balaban J connectivity index is 2.15. The third-order valence-electron chi connectivity index (χ3n) is 3.34. The maximum Gasteiger partial charge on any atom is 0.0639 e. The topological polar surface area (TPSA) is 24.4 Å². The Morgan fingerprint density at radius 3 is 3.07 bits per heavy atom. The standard InChI is InChI=1S/C12H14N2/c1-2-4-11-10(3-1)7-14-9-12(11)5-6-13-8-12/h1-4,9,13H,5-8H2. The van der Waals surface area contributed by atoms with Gasteiger partial charge in [0.05, 0.1) is 6.54 Å². The zero-order valence-electron chi connectivity index (χ0n) is 8.16. The van der Waals surface area contributed by atoms with E-state index >= 15 is 0 Å². The Bertz CT molecular complexity index is 376. The minimum Gasteiger partial charge on any atom is -0.315 e. The van der Waals surface area contributed by atoms with Crippen molar-refractivity contribution in [2.24, 2.45) is 4.99 Å². The number of benzene rings is 1. The summed E-state index contributed by atoms with van der Waals surface area (Å²) in [4.78, 5) is 4.49. The fourth-order valence-electron chi connectivity index (χ4n) is 2.58. The smallest absolute Gasteiger partial charge is 0.0639 e. The molecule has 2 nitrogen and oxygen atoms in total. The second kappa shape index (κ2) is 2.92. The molecule has 2 heterocycles. The highest BCUT2D eigenvalue weighted by Crippen LogP contribution is 2.34. The van der Waals surface area contributed by atoms with E-state index in [2.05, 4.69) is 40.8 Å². The molecule has 2 aliphatic rings. The lowest BCUT2D eigenvalue weighted by molar-refractivity contribution is 0.626. The fourth-order valence-corrected chi connectivity index (χ4v) is 2.58. The second-order valence-electron chi connectivity index (χ2n) is 4.21. The fraction of sp³-hybridized carbons (Fsp3) is 0.417. The van der Waals surface area contributed by atoms with Crippen molar-refractivity contribution < 1.29 is 0 Å². The molecule has 1 spiro atoms. The minimum atomic E-state index is 0.203. The van der Waals surface area contributed by atoms with Gasteiger partial charge >= 0.3 is 0 Å². The van der Waals surface area contributed by atoms with Crippen LogP contribution in [0.15, 0.2) is 29.3 Å². The molecule has 1 aromatic carbocycles. The number of nitrogens with one attached hydrogen (secondary N) is 1. The molecule has 0 radical (unpaired) electrons. The highest BCUT2D eigenvalue weighted by molar-refractivity contribution is 5.77.